The van der Waals surface area contributed by atoms with Crippen LogP contribution in [0.1, 0.15) is 37.8 Å². The number of nitrogens with zero attached hydrogens (tertiary/aromatic N) is 4. The number of aliphatic hydroxyl groups is 1. The molecule has 0 radical (unpaired) electrons. The Morgan fingerprint density at radius 2 is 1.89 bits per heavy atom. The van der Waals surface area contributed by atoms with Crippen LogP contribution in [0, 0.1) is 18.3 Å². The van der Waals surface area contributed by atoms with Gasteiger partial charge in [0.1, 0.15) is 5.82 Å². The molecule has 3 aliphatic rings. The molecule has 208 valence electrons. The number of amides is 1. The van der Waals surface area contributed by atoms with Gasteiger partial charge < -0.3 is 36.0 Å². The number of carboxylic acid groups (broad SMARTS) is 2. The highest BCUT2D eigenvalue weighted by molar-refractivity contribution is 5.84. The molecule has 3 fully saturated rings. The van der Waals surface area contributed by atoms with E-state index in [1.165, 1.54) is 0 Å². The molecule has 4 rings (SSSR count). The van der Waals surface area contributed by atoms with E-state index in [2.05, 4.69) is 25.1 Å². The summed E-state index contributed by atoms with van der Waals surface area (Å²) in [6, 6.07) is 2.48. The van der Waals surface area contributed by atoms with Crippen LogP contribution in [-0.4, -0.2) is 108 Å². The van der Waals surface area contributed by atoms with E-state index >= 15 is 0 Å². The Hall–Kier alpha value is -3.03. The number of anilines is 2. The number of aliphatic hydroxyl groups excluding tert-OH is 1. The summed E-state index contributed by atoms with van der Waals surface area (Å²) in [5.74, 6) is 1.53. The molecular weight excluding hydrogens is 484 g/mol. The van der Waals surface area contributed by atoms with E-state index in [1.807, 2.05) is 13.0 Å². The van der Waals surface area contributed by atoms with Gasteiger partial charge in [-0.15, -0.1) is 0 Å². The number of fused-ring (bicyclic) bond motifs is 1. The standard InChI is InChI=1S/C22H36N6O3.2CH2O2/c1-16-13-19(26-21(23)25-16)28-7-4-17-14-18(27-8-11-31-12-9-27)3-5-22(17,15-28)20(30)24-6-2-10-29;2*2-1-3/h13,17-18,29H,2-12,14-15H2,1H3,(H,24,30)(H2,23,25,26);2*1H,(H,2,3)/t17-,18+,22-;;/m1../s1. The number of piperidine rings is 1. The van der Waals surface area contributed by atoms with Crippen molar-refractivity contribution in [2.24, 2.45) is 11.3 Å². The van der Waals surface area contributed by atoms with E-state index < -0.39 is 5.41 Å². The minimum absolute atomic E-state index is 0.0847. The third-order valence-electron chi connectivity index (χ3n) is 7.30. The lowest BCUT2D eigenvalue weighted by Crippen LogP contribution is -2.61. The Kier molecular flexibility index (Phi) is 12.5. The van der Waals surface area contributed by atoms with Crippen molar-refractivity contribution in [1.82, 2.24) is 20.2 Å². The fraction of sp³-hybridized carbons (Fsp3) is 0.708. The molecular formula is C24H40N6O7. The van der Waals surface area contributed by atoms with Gasteiger partial charge in [0.2, 0.25) is 11.9 Å². The summed E-state index contributed by atoms with van der Waals surface area (Å²) < 4.78 is 5.54. The number of aromatic nitrogens is 2. The zero-order valence-corrected chi connectivity index (χ0v) is 21.4. The summed E-state index contributed by atoms with van der Waals surface area (Å²) in [5.41, 5.74) is 6.30. The normalized spacial score (nSPS) is 25.3. The molecule has 1 aromatic rings. The van der Waals surface area contributed by atoms with Crippen LogP contribution in [0.25, 0.3) is 0 Å². The molecule has 0 aromatic carbocycles. The predicted molar refractivity (Wildman–Crippen MR) is 136 cm³/mol. The van der Waals surface area contributed by atoms with Gasteiger partial charge in [-0.2, -0.15) is 4.98 Å². The monoisotopic (exact) mass is 524 g/mol. The summed E-state index contributed by atoms with van der Waals surface area (Å²) in [4.78, 5) is 43.6. The van der Waals surface area contributed by atoms with Crippen LogP contribution in [0.5, 0.6) is 0 Å². The first-order valence-corrected chi connectivity index (χ1v) is 12.6. The molecule has 3 heterocycles. The number of carbonyl (C=O) groups excluding carboxylic acids is 1. The number of hydrogen-bond donors (Lipinski definition) is 5. The van der Waals surface area contributed by atoms with E-state index in [1.54, 1.807) is 0 Å². The predicted octanol–water partition coefficient (Wildman–Crippen LogP) is -0.0352. The first kappa shape index (κ1) is 30.2. The largest absolute Gasteiger partial charge is 0.483 e. The number of rotatable bonds is 6. The van der Waals surface area contributed by atoms with Gasteiger partial charge in [0.05, 0.1) is 18.6 Å². The number of nitrogens with one attached hydrogen (secondary N) is 1. The van der Waals surface area contributed by atoms with Crippen molar-refractivity contribution >= 4 is 30.6 Å². The lowest BCUT2D eigenvalue weighted by molar-refractivity contribution is -0.139. The zero-order chi connectivity index (χ0) is 27.3. The number of carbonyl (C=O) groups is 3. The van der Waals surface area contributed by atoms with Crippen LogP contribution in [-0.2, 0) is 19.1 Å². The molecule has 2 saturated heterocycles. The average Bonchev–Trinajstić information content (AvgIpc) is 2.89. The van der Waals surface area contributed by atoms with E-state index in [4.69, 9.17) is 35.4 Å². The third-order valence-corrected chi connectivity index (χ3v) is 7.30. The Morgan fingerprint density at radius 1 is 1.22 bits per heavy atom. The zero-order valence-electron chi connectivity index (χ0n) is 21.4. The van der Waals surface area contributed by atoms with Crippen LogP contribution in [0.2, 0.25) is 0 Å². The van der Waals surface area contributed by atoms with Crippen molar-refractivity contribution in [3.05, 3.63) is 11.8 Å². The second-order valence-corrected chi connectivity index (χ2v) is 9.41. The first-order valence-electron chi connectivity index (χ1n) is 12.6. The topological polar surface area (TPSA) is 191 Å². The fourth-order valence-corrected chi connectivity index (χ4v) is 5.67. The summed E-state index contributed by atoms with van der Waals surface area (Å²) in [6.07, 6.45) is 4.46. The Labute approximate surface area is 217 Å². The second kappa shape index (κ2) is 15.3. The number of aryl methyl sites for hydroxylation is 1. The number of hydrogen-bond acceptors (Lipinski definition) is 10. The fourth-order valence-electron chi connectivity index (χ4n) is 5.67. The molecule has 1 amide bonds. The van der Waals surface area contributed by atoms with Crippen molar-refractivity contribution < 1.29 is 34.4 Å². The highest BCUT2D eigenvalue weighted by Gasteiger charge is 2.52. The first-order chi connectivity index (χ1) is 17.8. The van der Waals surface area contributed by atoms with Crippen molar-refractivity contribution in [3.8, 4) is 0 Å². The Bertz CT molecular complexity index is 844. The smallest absolute Gasteiger partial charge is 0.290 e. The van der Waals surface area contributed by atoms with Gasteiger partial charge in [-0.25, -0.2) is 4.98 Å². The van der Waals surface area contributed by atoms with E-state index in [9.17, 15) is 4.79 Å². The summed E-state index contributed by atoms with van der Waals surface area (Å²) in [6.45, 7) is 7.09. The van der Waals surface area contributed by atoms with E-state index in [-0.39, 0.29) is 31.4 Å². The SMILES string of the molecule is Cc1cc(N2CC[C@@H]3C[C@@H](N4CCOCC4)CC[C@@]3(C(=O)NCCCO)C2)nc(N)n1.O=CO.O=CO. The molecule has 0 bridgehead atoms. The number of nitrogens with two attached hydrogens (primary N) is 1. The van der Waals surface area contributed by atoms with Crippen molar-refractivity contribution in [2.75, 3.05) is 63.2 Å². The lowest BCUT2D eigenvalue weighted by Gasteiger charge is -2.53. The van der Waals surface area contributed by atoms with Crippen LogP contribution < -0.4 is 16.0 Å². The van der Waals surface area contributed by atoms with Crippen LogP contribution in [0.15, 0.2) is 6.07 Å². The molecule has 37 heavy (non-hydrogen) atoms. The average molecular weight is 525 g/mol. The minimum Gasteiger partial charge on any atom is -0.483 e. The van der Waals surface area contributed by atoms with Crippen molar-refractivity contribution in [3.63, 3.8) is 0 Å². The number of morpholine rings is 1. The van der Waals surface area contributed by atoms with Crippen LogP contribution >= 0.6 is 0 Å². The second-order valence-electron chi connectivity index (χ2n) is 9.41. The Morgan fingerprint density at radius 3 is 2.51 bits per heavy atom. The highest BCUT2D eigenvalue weighted by Crippen LogP contribution is 2.48. The van der Waals surface area contributed by atoms with Gasteiger partial charge in [0, 0.05) is 57.1 Å². The van der Waals surface area contributed by atoms with Crippen molar-refractivity contribution in [1.29, 1.82) is 0 Å². The maximum atomic E-state index is 13.5. The summed E-state index contributed by atoms with van der Waals surface area (Å²) in [7, 11) is 0. The third kappa shape index (κ3) is 8.23. The number of ether oxygens (including phenoxy) is 1. The Balaban J connectivity index is 0.000000733. The van der Waals surface area contributed by atoms with E-state index in [0.29, 0.717) is 31.5 Å². The van der Waals surface area contributed by atoms with Gasteiger partial charge in [-0.1, -0.05) is 0 Å². The van der Waals surface area contributed by atoms with Crippen molar-refractivity contribution in [2.45, 2.75) is 45.1 Å². The molecule has 1 aromatic heterocycles. The van der Waals surface area contributed by atoms with Gasteiger partial charge in [0.25, 0.3) is 12.9 Å². The maximum absolute atomic E-state index is 13.5. The highest BCUT2D eigenvalue weighted by atomic mass is 16.5. The molecule has 2 aliphatic heterocycles. The van der Waals surface area contributed by atoms with Gasteiger partial charge in [-0.05, 0) is 44.9 Å². The number of nitrogen functional groups attached to an aromatic ring is 1. The molecule has 3 atom stereocenters. The van der Waals surface area contributed by atoms with Gasteiger partial charge >= 0.3 is 0 Å². The molecule has 1 aliphatic carbocycles. The molecule has 13 nitrogen and oxygen atoms in total. The summed E-state index contributed by atoms with van der Waals surface area (Å²) >= 11 is 0. The van der Waals surface area contributed by atoms with Gasteiger partial charge in [0.15, 0.2) is 0 Å². The summed E-state index contributed by atoms with van der Waals surface area (Å²) in [5, 5.41) is 26.0. The molecule has 13 heteroatoms. The van der Waals surface area contributed by atoms with Crippen LogP contribution in [0.3, 0.4) is 0 Å². The lowest BCUT2D eigenvalue weighted by atomic mass is 9.61. The van der Waals surface area contributed by atoms with Gasteiger partial charge in [-0.3, -0.25) is 19.3 Å². The molecule has 0 spiro atoms. The maximum Gasteiger partial charge on any atom is 0.290 e. The molecule has 0 unspecified atom stereocenters. The minimum atomic E-state index is -0.440. The van der Waals surface area contributed by atoms with E-state index in [0.717, 1.165) is 70.0 Å². The molecule has 6 N–H and O–H groups in total. The van der Waals surface area contributed by atoms with Crippen LogP contribution in [0.4, 0.5) is 11.8 Å². The molecule has 1 saturated carbocycles. The quantitative estimate of drug-likeness (QED) is 0.247.